The maximum absolute atomic E-state index is 12.1. The van der Waals surface area contributed by atoms with Gasteiger partial charge in [-0.25, -0.2) is 4.79 Å². The lowest BCUT2D eigenvalue weighted by molar-refractivity contribution is -0.384. The minimum Gasteiger partial charge on any atom is -0.480 e. The molecule has 0 aliphatic rings. The van der Waals surface area contributed by atoms with E-state index >= 15 is 0 Å². The van der Waals surface area contributed by atoms with E-state index in [2.05, 4.69) is 10.6 Å². The van der Waals surface area contributed by atoms with Gasteiger partial charge in [-0.2, -0.15) is 0 Å². The number of hydrogen-bond acceptors (Lipinski definition) is 6. The van der Waals surface area contributed by atoms with E-state index in [0.717, 1.165) is 17.7 Å². The van der Waals surface area contributed by atoms with Crippen molar-refractivity contribution in [3.8, 4) is 5.75 Å². The Kier molecular flexibility index (Phi) is 6.59. The molecular formula is C18H17N3O6. The van der Waals surface area contributed by atoms with Crippen LogP contribution in [0.4, 0.5) is 10.5 Å². The van der Waals surface area contributed by atoms with E-state index < -0.39 is 23.0 Å². The highest BCUT2D eigenvalue weighted by atomic mass is 16.6. The van der Waals surface area contributed by atoms with Crippen molar-refractivity contribution >= 4 is 23.9 Å². The van der Waals surface area contributed by atoms with Crippen LogP contribution in [0.15, 0.2) is 48.5 Å². The summed E-state index contributed by atoms with van der Waals surface area (Å²) in [5, 5.41) is 15.4. The number of nitrogens with one attached hydrogen (secondary N) is 2. The molecule has 0 unspecified atom stereocenters. The Labute approximate surface area is 154 Å². The van der Waals surface area contributed by atoms with E-state index in [1.165, 1.54) is 13.0 Å². The number of nitro benzene ring substituents is 1. The average Bonchev–Trinajstić information content (AvgIpc) is 2.67. The van der Waals surface area contributed by atoms with Crippen molar-refractivity contribution < 1.29 is 24.0 Å². The van der Waals surface area contributed by atoms with E-state index in [9.17, 15) is 24.5 Å². The van der Waals surface area contributed by atoms with Crippen molar-refractivity contribution in [3.63, 3.8) is 0 Å². The highest BCUT2D eigenvalue weighted by Crippen LogP contribution is 2.23. The van der Waals surface area contributed by atoms with Gasteiger partial charge in [0.25, 0.3) is 11.6 Å². The Hall–Kier alpha value is -3.75. The lowest BCUT2D eigenvalue weighted by Gasteiger charge is -2.15. The Bertz CT molecular complexity index is 853. The normalized spacial score (nSPS) is 11.1. The van der Waals surface area contributed by atoms with Crippen LogP contribution in [0.5, 0.6) is 5.75 Å². The molecule has 0 aliphatic heterocycles. The maximum Gasteiger partial charge on any atom is 0.321 e. The number of carbonyl (C=O) groups excluding carboxylic acids is 3. The number of amides is 3. The first kappa shape index (κ1) is 19.6. The van der Waals surface area contributed by atoms with Gasteiger partial charge in [-0.15, -0.1) is 0 Å². The molecule has 2 aromatic rings. The topological polar surface area (TPSA) is 128 Å². The number of nitrogens with zero attached hydrogens (tertiary/aromatic N) is 1. The second kappa shape index (κ2) is 9.09. The third-order valence-electron chi connectivity index (χ3n) is 3.54. The van der Waals surface area contributed by atoms with Crippen molar-refractivity contribution in [2.45, 2.75) is 19.6 Å². The molecule has 0 radical (unpaired) electrons. The van der Waals surface area contributed by atoms with Crippen LogP contribution in [-0.4, -0.2) is 29.3 Å². The van der Waals surface area contributed by atoms with Crippen LogP contribution < -0.4 is 15.4 Å². The lowest BCUT2D eigenvalue weighted by atomic mass is 10.2. The number of imide groups is 1. The summed E-state index contributed by atoms with van der Waals surface area (Å²) in [4.78, 5) is 45.0. The second-order valence-electron chi connectivity index (χ2n) is 5.51. The number of nitro groups is 1. The molecule has 0 aromatic heterocycles. The van der Waals surface area contributed by atoms with Gasteiger partial charge in [0.1, 0.15) is 5.75 Å². The highest BCUT2D eigenvalue weighted by molar-refractivity contribution is 5.96. The first-order chi connectivity index (χ1) is 12.9. The molecule has 0 aliphatic carbocycles. The molecule has 1 atom stereocenters. The van der Waals surface area contributed by atoms with Crippen molar-refractivity contribution in [2.75, 3.05) is 0 Å². The number of aldehydes is 1. The summed E-state index contributed by atoms with van der Waals surface area (Å²) in [7, 11) is 0. The Morgan fingerprint density at radius 3 is 2.56 bits per heavy atom. The predicted molar refractivity (Wildman–Crippen MR) is 95.4 cm³/mol. The number of hydrogen-bond donors (Lipinski definition) is 2. The molecular weight excluding hydrogens is 354 g/mol. The zero-order valence-corrected chi connectivity index (χ0v) is 14.4. The number of non-ortho nitro benzene ring substituents is 1. The summed E-state index contributed by atoms with van der Waals surface area (Å²) >= 11 is 0. The summed E-state index contributed by atoms with van der Waals surface area (Å²) in [5.41, 5.74) is 0.519. The number of carbonyl (C=O) groups is 3. The number of urea groups is 1. The number of ether oxygens (including phenoxy) is 1. The number of rotatable bonds is 7. The fraction of sp³-hybridized carbons (Fsp3) is 0.167. The van der Waals surface area contributed by atoms with Crippen LogP contribution in [0.3, 0.4) is 0 Å². The molecule has 27 heavy (non-hydrogen) atoms. The van der Waals surface area contributed by atoms with Crippen molar-refractivity contribution in [1.29, 1.82) is 0 Å². The molecule has 0 saturated carbocycles. The van der Waals surface area contributed by atoms with Crippen LogP contribution in [0.25, 0.3) is 0 Å². The summed E-state index contributed by atoms with van der Waals surface area (Å²) in [6, 6.07) is 11.9. The van der Waals surface area contributed by atoms with Gasteiger partial charge in [-0.1, -0.05) is 30.3 Å². The monoisotopic (exact) mass is 371 g/mol. The quantitative estimate of drug-likeness (QED) is 0.436. The zero-order chi connectivity index (χ0) is 19.8. The van der Waals surface area contributed by atoms with Crippen molar-refractivity contribution in [3.05, 3.63) is 69.8 Å². The highest BCUT2D eigenvalue weighted by Gasteiger charge is 2.20. The van der Waals surface area contributed by atoms with Gasteiger partial charge in [0.2, 0.25) is 0 Å². The molecule has 0 saturated heterocycles. The van der Waals surface area contributed by atoms with Crippen LogP contribution >= 0.6 is 0 Å². The third-order valence-corrected chi connectivity index (χ3v) is 3.54. The van der Waals surface area contributed by atoms with Gasteiger partial charge in [-0.3, -0.25) is 25.0 Å². The molecule has 0 bridgehead atoms. The van der Waals surface area contributed by atoms with Gasteiger partial charge < -0.3 is 10.1 Å². The predicted octanol–water partition coefficient (Wildman–Crippen LogP) is 2.20. The standard InChI is InChI=1S/C18H17N3O6/c1-12(27-16-8-7-15(21(25)26)9-14(16)11-22)17(23)20-18(24)19-10-13-5-3-2-4-6-13/h2-9,11-12H,10H2,1H3,(H2,19,20,23,24)/t12-/m0/s1. The fourth-order valence-corrected chi connectivity index (χ4v) is 2.13. The van der Waals surface area contributed by atoms with Gasteiger partial charge >= 0.3 is 6.03 Å². The molecule has 0 heterocycles. The SMILES string of the molecule is C[C@H](Oc1ccc([N+](=O)[O-])cc1C=O)C(=O)NC(=O)NCc1ccccc1. The van der Waals surface area contributed by atoms with Crippen LogP contribution in [0, 0.1) is 10.1 Å². The minimum atomic E-state index is -1.10. The molecule has 3 amide bonds. The van der Waals surface area contributed by atoms with Crippen LogP contribution in [0.1, 0.15) is 22.8 Å². The lowest BCUT2D eigenvalue weighted by Crippen LogP contribution is -2.44. The van der Waals surface area contributed by atoms with Crippen LogP contribution in [-0.2, 0) is 11.3 Å². The zero-order valence-electron chi connectivity index (χ0n) is 14.4. The fourth-order valence-electron chi connectivity index (χ4n) is 2.13. The Balaban J connectivity index is 1.92. The third kappa shape index (κ3) is 5.63. The molecule has 2 N–H and O–H groups in total. The average molecular weight is 371 g/mol. The van der Waals surface area contributed by atoms with E-state index in [0.29, 0.717) is 6.29 Å². The van der Waals surface area contributed by atoms with Crippen LogP contribution in [0.2, 0.25) is 0 Å². The maximum atomic E-state index is 12.1. The summed E-state index contributed by atoms with van der Waals surface area (Å²) < 4.78 is 5.35. The van der Waals surface area contributed by atoms with E-state index in [-0.39, 0.29) is 23.5 Å². The summed E-state index contributed by atoms with van der Waals surface area (Å²) in [6.45, 7) is 1.63. The van der Waals surface area contributed by atoms with Gasteiger partial charge in [0, 0.05) is 18.7 Å². The molecule has 0 fully saturated rings. The molecule has 9 heteroatoms. The smallest absolute Gasteiger partial charge is 0.321 e. The van der Waals surface area contributed by atoms with E-state index in [4.69, 9.17) is 4.74 Å². The Morgan fingerprint density at radius 2 is 1.93 bits per heavy atom. The second-order valence-corrected chi connectivity index (χ2v) is 5.51. The number of benzene rings is 2. The molecule has 0 spiro atoms. The minimum absolute atomic E-state index is 0.00273. The molecule has 2 aromatic carbocycles. The van der Waals surface area contributed by atoms with E-state index in [1.54, 1.807) is 0 Å². The van der Waals surface area contributed by atoms with Gasteiger partial charge in [-0.05, 0) is 18.6 Å². The van der Waals surface area contributed by atoms with Gasteiger partial charge in [0.15, 0.2) is 12.4 Å². The van der Waals surface area contributed by atoms with Crippen molar-refractivity contribution in [2.24, 2.45) is 0 Å². The Morgan fingerprint density at radius 1 is 1.22 bits per heavy atom. The summed E-state index contributed by atoms with van der Waals surface area (Å²) in [6.07, 6.45) is -0.716. The van der Waals surface area contributed by atoms with Crippen molar-refractivity contribution in [1.82, 2.24) is 10.6 Å². The largest absolute Gasteiger partial charge is 0.480 e. The summed E-state index contributed by atoms with van der Waals surface area (Å²) in [5.74, 6) is -0.723. The van der Waals surface area contributed by atoms with E-state index in [1.807, 2.05) is 30.3 Å². The first-order valence-electron chi connectivity index (χ1n) is 7.93. The van der Waals surface area contributed by atoms with Gasteiger partial charge in [0.05, 0.1) is 10.5 Å². The molecule has 9 nitrogen and oxygen atoms in total. The molecule has 2 rings (SSSR count). The first-order valence-corrected chi connectivity index (χ1v) is 7.93. The molecule has 140 valence electrons.